The molecule has 120 valence electrons. The molecular weight excluding hydrogens is 293 g/mol. The minimum Gasteiger partial charge on any atom is -0.377 e. The van der Waals surface area contributed by atoms with E-state index in [0.717, 1.165) is 11.1 Å². The third-order valence-corrected chi connectivity index (χ3v) is 4.17. The second-order valence-electron chi connectivity index (χ2n) is 5.71. The van der Waals surface area contributed by atoms with Gasteiger partial charge in [0.25, 0.3) is 0 Å². The number of hydrogen-bond acceptors (Lipinski definition) is 2. The van der Waals surface area contributed by atoms with Crippen molar-refractivity contribution in [3.63, 3.8) is 0 Å². The lowest BCUT2D eigenvalue weighted by molar-refractivity contribution is -0.140. The van der Waals surface area contributed by atoms with Crippen LogP contribution in [0.4, 0.5) is 4.39 Å². The number of nitrogens with zero attached hydrogens (tertiary/aromatic N) is 1. The summed E-state index contributed by atoms with van der Waals surface area (Å²) >= 11 is 0. The largest absolute Gasteiger partial charge is 0.377 e. The zero-order chi connectivity index (χ0) is 16.1. The van der Waals surface area contributed by atoms with Crippen LogP contribution in [-0.4, -0.2) is 30.6 Å². The Morgan fingerprint density at radius 2 is 1.87 bits per heavy atom. The quantitative estimate of drug-likeness (QED) is 0.866. The zero-order valence-corrected chi connectivity index (χ0v) is 13.0. The van der Waals surface area contributed by atoms with Gasteiger partial charge in [-0.2, -0.15) is 0 Å². The Bertz CT molecular complexity index is 642. The molecular formula is C19H20FNO2. The predicted molar refractivity (Wildman–Crippen MR) is 86.4 cm³/mol. The van der Waals surface area contributed by atoms with Crippen molar-refractivity contribution >= 4 is 5.91 Å². The van der Waals surface area contributed by atoms with Crippen LogP contribution in [0.15, 0.2) is 54.6 Å². The smallest absolute Gasteiger partial charge is 0.223 e. The highest BCUT2D eigenvalue weighted by Crippen LogP contribution is 2.25. The van der Waals surface area contributed by atoms with Gasteiger partial charge in [-0.3, -0.25) is 4.79 Å². The highest BCUT2D eigenvalue weighted by molar-refractivity contribution is 5.77. The van der Waals surface area contributed by atoms with E-state index in [9.17, 15) is 9.18 Å². The molecule has 0 N–H and O–H groups in total. The predicted octanol–water partition coefficient (Wildman–Crippen LogP) is 3.36. The van der Waals surface area contributed by atoms with Crippen LogP contribution < -0.4 is 0 Å². The Labute approximate surface area is 135 Å². The Morgan fingerprint density at radius 1 is 1.13 bits per heavy atom. The molecule has 0 aromatic heterocycles. The van der Waals surface area contributed by atoms with Crippen LogP contribution in [-0.2, 0) is 16.0 Å². The summed E-state index contributed by atoms with van der Waals surface area (Å²) in [6.07, 6.45) is 1.05. The van der Waals surface area contributed by atoms with Gasteiger partial charge in [0.15, 0.2) is 0 Å². The van der Waals surface area contributed by atoms with Gasteiger partial charge in [-0.15, -0.1) is 0 Å². The number of rotatable bonds is 4. The number of amides is 1. The van der Waals surface area contributed by atoms with Crippen molar-refractivity contribution in [3.05, 3.63) is 71.5 Å². The lowest BCUT2D eigenvalue weighted by Crippen LogP contribution is -2.43. The topological polar surface area (TPSA) is 29.5 Å². The number of halogens is 1. The molecule has 3 nitrogen and oxygen atoms in total. The molecule has 1 fully saturated rings. The average molecular weight is 313 g/mol. The van der Waals surface area contributed by atoms with Gasteiger partial charge in [-0.05, 0) is 29.7 Å². The number of benzene rings is 2. The molecule has 23 heavy (non-hydrogen) atoms. The Morgan fingerprint density at radius 3 is 2.61 bits per heavy atom. The first-order chi connectivity index (χ1) is 11.2. The molecule has 0 saturated carbocycles. The van der Waals surface area contributed by atoms with E-state index in [1.54, 1.807) is 12.1 Å². The van der Waals surface area contributed by atoms with Gasteiger partial charge >= 0.3 is 0 Å². The maximum Gasteiger partial charge on any atom is 0.223 e. The first kappa shape index (κ1) is 15.7. The first-order valence-corrected chi connectivity index (χ1v) is 7.90. The summed E-state index contributed by atoms with van der Waals surface area (Å²) in [5.41, 5.74) is 2.08. The third kappa shape index (κ3) is 3.96. The molecule has 0 radical (unpaired) electrons. The highest BCUT2D eigenvalue weighted by Gasteiger charge is 2.28. The van der Waals surface area contributed by atoms with Gasteiger partial charge in [-0.1, -0.05) is 42.5 Å². The molecule has 1 aliphatic rings. The van der Waals surface area contributed by atoms with Crippen molar-refractivity contribution in [2.45, 2.75) is 18.9 Å². The number of aryl methyl sites for hydroxylation is 1. The number of ether oxygens (including phenoxy) is 1. The van der Waals surface area contributed by atoms with E-state index < -0.39 is 0 Å². The van der Waals surface area contributed by atoms with Crippen molar-refractivity contribution in [1.29, 1.82) is 0 Å². The second kappa shape index (κ2) is 7.38. The van der Waals surface area contributed by atoms with E-state index in [1.807, 2.05) is 35.2 Å². The van der Waals surface area contributed by atoms with Crippen LogP contribution in [0, 0.1) is 5.82 Å². The molecule has 1 unspecified atom stereocenters. The fourth-order valence-corrected chi connectivity index (χ4v) is 2.90. The Kier molecular flexibility index (Phi) is 5.03. The van der Waals surface area contributed by atoms with E-state index in [0.29, 0.717) is 32.6 Å². The van der Waals surface area contributed by atoms with Crippen LogP contribution in [0.3, 0.4) is 0 Å². The third-order valence-electron chi connectivity index (χ3n) is 4.17. The number of carbonyl (C=O) groups is 1. The molecule has 1 amide bonds. The highest BCUT2D eigenvalue weighted by atomic mass is 19.1. The van der Waals surface area contributed by atoms with Gasteiger partial charge in [0.1, 0.15) is 5.82 Å². The van der Waals surface area contributed by atoms with Crippen molar-refractivity contribution in [2.24, 2.45) is 0 Å². The lowest BCUT2D eigenvalue weighted by atomic mass is 10.0. The molecule has 0 spiro atoms. The molecule has 0 aliphatic carbocycles. The second-order valence-corrected chi connectivity index (χ2v) is 5.71. The Hall–Kier alpha value is -2.20. The average Bonchev–Trinajstić information content (AvgIpc) is 2.62. The van der Waals surface area contributed by atoms with Gasteiger partial charge < -0.3 is 9.64 Å². The monoisotopic (exact) mass is 313 g/mol. The number of morpholine rings is 1. The van der Waals surface area contributed by atoms with Crippen molar-refractivity contribution in [3.8, 4) is 0 Å². The number of hydrogen-bond donors (Lipinski definition) is 0. The van der Waals surface area contributed by atoms with E-state index in [2.05, 4.69) is 0 Å². The van der Waals surface area contributed by atoms with Gasteiger partial charge in [0.05, 0.1) is 19.3 Å². The molecule has 1 atom stereocenters. The molecule has 1 heterocycles. The van der Waals surface area contributed by atoms with Crippen molar-refractivity contribution in [2.75, 3.05) is 19.8 Å². The van der Waals surface area contributed by atoms with Crippen LogP contribution in [0.2, 0.25) is 0 Å². The summed E-state index contributed by atoms with van der Waals surface area (Å²) < 4.78 is 18.5. The molecule has 0 bridgehead atoms. The first-order valence-electron chi connectivity index (χ1n) is 7.90. The molecule has 2 aromatic rings. The summed E-state index contributed by atoms with van der Waals surface area (Å²) in [4.78, 5) is 14.5. The number of carbonyl (C=O) groups excluding carboxylic acids is 1. The standard InChI is InChI=1S/C19H20FNO2/c20-17-9-6-15(7-10-17)8-11-19(22)21-12-13-23-14-18(21)16-4-2-1-3-5-16/h1-7,9-10,18H,8,11-14H2. The lowest BCUT2D eigenvalue weighted by Gasteiger charge is -2.36. The summed E-state index contributed by atoms with van der Waals surface area (Å²) in [5.74, 6) is -0.135. The van der Waals surface area contributed by atoms with Crippen LogP contribution in [0.1, 0.15) is 23.6 Å². The van der Waals surface area contributed by atoms with E-state index in [4.69, 9.17) is 4.74 Å². The van der Waals surface area contributed by atoms with Crippen LogP contribution in [0.5, 0.6) is 0 Å². The normalized spacial score (nSPS) is 18.0. The summed E-state index contributed by atoms with van der Waals surface area (Å²) in [7, 11) is 0. The van der Waals surface area contributed by atoms with Gasteiger partial charge in [-0.25, -0.2) is 4.39 Å². The van der Waals surface area contributed by atoms with Crippen LogP contribution >= 0.6 is 0 Å². The fraction of sp³-hybridized carbons (Fsp3) is 0.316. The van der Waals surface area contributed by atoms with Crippen molar-refractivity contribution < 1.29 is 13.9 Å². The molecule has 1 aliphatic heterocycles. The SMILES string of the molecule is O=C(CCc1ccc(F)cc1)N1CCOCC1c1ccccc1. The van der Waals surface area contributed by atoms with E-state index in [-0.39, 0.29) is 17.8 Å². The summed E-state index contributed by atoms with van der Waals surface area (Å²) in [6, 6.07) is 16.3. The van der Waals surface area contributed by atoms with Crippen LogP contribution in [0.25, 0.3) is 0 Å². The molecule has 1 saturated heterocycles. The van der Waals surface area contributed by atoms with Gasteiger partial charge in [0.2, 0.25) is 5.91 Å². The Balaban J connectivity index is 1.65. The van der Waals surface area contributed by atoms with Crippen molar-refractivity contribution in [1.82, 2.24) is 4.90 Å². The molecule has 3 rings (SSSR count). The minimum absolute atomic E-state index is 0.0225. The van der Waals surface area contributed by atoms with Gasteiger partial charge in [0, 0.05) is 13.0 Å². The maximum absolute atomic E-state index is 12.9. The zero-order valence-electron chi connectivity index (χ0n) is 13.0. The summed E-state index contributed by atoms with van der Waals surface area (Å²) in [5, 5.41) is 0. The molecule has 2 aromatic carbocycles. The minimum atomic E-state index is -0.252. The summed E-state index contributed by atoms with van der Waals surface area (Å²) in [6.45, 7) is 1.72. The van der Waals surface area contributed by atoms with E-state index in [1.165, 1.54) is 12.1 Å². The van der Waals surface area contributed by atoms with E-state index >= 15 is 0 Å². The molecule has 4 heteroatoms. The fourth-order valence-electron chi connectivity index (χ4n) is 2.90. The maximum atomic E-state index is 12.9.